The molecule has 0 unspecified atom stereocenters. The highest BCUT2D eigenvalue weighted by Crippen LogP contribution is 2.30. The van der Waals surface area contributed by atoms with Crippen molar-refractivity contribution >= 4 is 28.5 Å². The van der Waals surface area contributed by atoms with Gasteiger partial charge in [-0.2, -0.15) is 5.10 Å². The largest absolute Gasteiger partial charge is 0.377 e. The molecule has 0 bridgehead atoms. The van der Waals surface area contributed by atoms with Crippen molar-refractivity contribution < 1.29 is 9.53 Å². The lowest BCUT2D eigenvalue weighted by Crippen LogP contribution is -2.43. The van der Waals surface area contributed by atoms with Crippen LogP contribution in [0.2, 0.25) is 5.02 Å². The summed E-state index contributed by atoms with van der Waals surface area (Å²) in [5.74, 6) is -0.0533. The molecule has 0 spiro atoms. The van der Waals surface area contributed by atoms with Crippen molar-refractivity contribution in [2.75, 3.05) is 19.8 Å². The van der Waals surface area contributed by atoms with Gasteiger partial charge in [0.1, 0.15) is 5.65 Å². The molecular weight excluding hydrogens is 390 g/mol. The normalized spacial score (nSPS) is 17.0. The highest BCUT2D eigenvalue weighted by atomic mass is 35.5. The molecule has 1 aliphatic rings. The molecule has 1 aromatic carbocycles. The van der Waals surface area contributed by atoms with Crippen LogP contribution in [0.1, 0.15) is 22.0 Å². The monoisotopic (exact) mass is 407 g/mol. The first-order chi connectivity index (χ1) is 14.2. The number of fused-ring (bicyclic) bond motifs is 1. The molecule has 2 N–H and O–H groups in total. The molecule has 29 heavy (non-hydrogen) atoms. The first-order valence-corrected chi connectivity index (χ1v) is 9.70. The Kier molecular flexibility index (Phi) is 4.54. The summed E-state index contributed by atoms with van der Waals surface area (Å²) in [4.78, 5) is 23.0. The van der Waals surface area contributed by atoms with Gasteiger partial charge in [0.25, 0.3) is 5.91 Å². The van der Waals surface area contributed by atoms with Crippen LogP contribution >= 0.6 is 11.6 Å². The number of pyridine rings is 1. The minimum Gasteiger partial charge on any atom is -0.377 e. The number of rotatable bonds is 3. The molecule has 4 heterocycles. The summed E-state index contributed by atoms with van der Waals surface area (Å²) in [7, 11) is 0. The number of benzene rings is 1. The zero-order chi connectivity index (χ0) is 19.8. The fourth-order valence-corrected chi connectivity index (χ4v) is 3.92. The summed E-state index contributed by atoms with van der Waals surface area (Å²) in [6.07, 6.45) is 5.22. The van der Waals surface area contributed by atoms with E-state index in [2.05, 4.69) is 20.2 Å². The Morgan fingerprint density at radius 2 is 2.17 bits per heavy atom. The molecule has 0 aliphatic carbocycles. The number of carbonyl (C=O) groups excluding carboxylic acids is 1. The zero-order valence-electron chi connectivity index (χ0n) is 15.4. The highest BCUT2D eigenvalue weighted by molar-refractivity contribution is 6.30. The minimum absolute atomic E-state index is 0.0533. The number of ether oxygens (including phenoxy) is 1. The van der Waals surface area contributed by atoms with Crippen molar-refractivity contribution in [3.8, 4) is 11.3 Å². The van der Waals surface area contributed by atoms with Crippen molar-refractivity contribution in [2.45, 2.75) is 6.04 Å². The molecule has 0 saturated carbocycles. The SMILES string of the molecule is O=C(c1c[nH]c2nc(-c3cn[nH]c3)ccc12)N1CCOC[C@@H]1c1cccc(Cl)c1. The Morgan fingerprint density at radius 3 is 3.00 bits per heavy atom. The van der Waals surface area contributed by atoms with Crippen LogP contribution in [0.4, 0.5) is 0 Å². The Hall–Kier alpha value is -3.16. The summed E-state index contributed by atoms with van der Waals surface area (Å²) < 4.78 is 5.65. The maximum Gasteiger partial charge on any atom is 0.256 e. The lowest BCUT2D eigenvalue weighted by Gasteiger charge is -2.36. The van der Waals surface area contributed by atoms with Crippen LogP contribution in [-0.2, 0) is 4.74 Å². The summed E-state index contributed by atoms with van der Waals surface area (Å²) in [6.45, 7) is 1.47. The molecule has 146 valence electrons. The van der Waals surface area contributed by atoms with Crippen molar-refractivity contribution in [3.63, 3.8) is 0 Å². The van der Waals surface area contributed by atoms with Crippen LogP contribution in [0.25, 0.3) is 22.3 Å². The number of hydrogen-bond donors (Lipinski definition) is 2. The van der Waals surface area contributed by atoms with E-state index in [0.29, 0.717) is 36.0 Å². The molecule has 8 heteroatoms. The van der Waals surface area contributed by atoms with Crippen LogP contribution < -0.4 is 0 Å². The van der Waals surface area contributed by atoms with Gasteiger partial charge >= 0.3 is 0 Å². The molecule has 1 amide bonds. The predicted molar refractivity (Wildman–Crippen MR) is 110 cm³/mol. The number of amides is 1. The Balaban J connectivity index is 1.49. The number of nitrogens with one attached hydrogen (secondary N) is 2. The number of halogens is 1. The van der Waals surface area contributed by atoms with Crippen molar-refractivity contribution in [1.82, 2.24) is 25.1 Å². The number of aromatic nitrogens is 4. The number of H-pyrrole nitrogens is 2. The standard InChI is InChI=1S/C21H18ClN5O2/c22-15-3-1-2-13(8-15)19-12-29-7-6-27(19)21(28)17-11-23-20-16(17)4-5-18(26-20)14-9-24-25-10-14/h1-5,8-11,19H,6-7,12H2,(H,23,26)(H,24,25)/t19-/m1/s1. The van der Waals surface area contributed by atoms with E-state index in [1.807, 2.05) is 41.3 Å². The van der Waals surface area contributed by atoms with Gasteiger partial charge in [0.15, 0.2) is 0 Å². The number of aromatic amines is 2. The average Bonchev–Trinajstić information content (AvgIpc) is 3.43. The summed E-state index contributed by atoms with van der Waals surface area (Å²) >= 11 is 6.16. The fraction of sp³-hybridized carbons (Fsp3) is 0.190. The maximum absolute atomic E-state index is 13.4. The molecular formula is C21H18ClN5O2. The van der Waals surface area contributed by atoms with E-state index in [1.165, 1.54) is 0 Å². The number of hydrogen-bond acceptors (Lipinski definition) is 4. The van der Waals surface area contributed by atoms with Gasteiger partial charge in [-0.3, -0.25) is 9.89 Å². The van der Waals surface area contributed by atoms with E-state index in [-0.39, 0.29) is 11.9 Å². The van der Waals surface area contributed by atoms with Crippen LogP contribution in [0.5, 0.6) is 0 Å². The van der Waals surface area contributed by atoms with Crippen LogP contribution in [0.3, 0.4) is 0 Å². The highest BCUT2D eigenvalue weighted by Gasteiger charge is 2.30. The van der Waals surface area contributed by atoms with Gasteiger partial charge in [-0.1, -0.05) is 23.7 Å². The van der Waals surface area contributed by atoms with E-state index in [4.69, 9.17) is 16.3 Å². The fourth-order valence-electron chi connectivity index (χ4n) is 3.72. The Bertz CT molecular complexity index is 1170. The molecule has 1 saturated heterocycles. The first-order valence-electron chi connectivity index (χ1n) is 9.32. The van der Waals surface area contributed by atoms with E-state index in [0.717, 1.165) is 22.2 Å². The molecule has 5 rings (SSSR count). The van der Waals surface area contributed by atoms with Crippen LogP contribution in [0, 0.1) is 0 Å². The van der Waals surface area contributed by atoms with E-state index in [9.17, 15) is 4.79 Å². The second kappa shape index (κ2) is 7.35. The van der Waals surface area contributed by atoms with E-state index >= 15 is 0 Å². The molecule has 7 nitrogen and oxygen atoms in total. The van der Waals surface area contributed by atoms with Gasteiger partial charge in [0.05, 0.1) is 36.7 Å². The van der Waals surface area contributed by atoms with E-state index in [1.54, 1.807) is 18.6 Å². The van der Waals surface area contributed by atoms with Gasteiger partial charge in [-0.05, 0) is 29.8 Å². The lowest BCUT2D eigenvalue weighted by molar-refractivity contribution is -0.00258. The second-order valence-corrected chi connectivity index (χ2v) is 7.36. The third-order valence-corrected chi connectivity index (χ3v) is 5.42. The third kappa shape index (κ3) is 3.28. The average molecular weight is 408 g/mol. The minimum atomic E-state index is -0.182. The maximum atomic E-state index is 13.4. The Labute approximate surface area is 171 Å². The first kappa shape index (κ1) is 17.9. The second-order valence-electron chi connectivity index (χ2n) is 6.93. The van der Waals surface area contributed by atoms with Gasteiger partial charge in [-0.15, -0.1) is 0 Å². The quantitative estimate of drug-likeness (QED) is 0.540. The topological polar surface area (TPSA) is 86.9 Å². The van der Waals surface area contributed by atoms with Gasteiger partial charge in [0, 0.05) is 34.9 Å². The molecule has 1 aliphatic heterocycles. The molecule has 4 aromatic rings. The van der Waals surface area contributed by atoms with Gasteiger partial charge in [-0.25, -0.2) is 4.98 Å². The third-order valence-electron chi connectivity index (χ3n) is 5.19. The van der Waals surface area contributed by atoms with Crippen molar-refractivity contribution in [1.29, 1.82) is 0 Å². The van der Waals surface area contributed by atoms with Crippen molar-refractivity contribution in [3.05, 3.63) is 71.1 Å². The number of morpholine rings is 1. The van der Waals surface area contributed by atoms with E-state index < -0.39 is 0 Å². The predicted octanol–water partition coefficient (Wildman–Crippen LogP) is 3.82. The summed E-state index contributed by atoms with van der Waals surface area (Å²) in [5.41, 5.74) is 3.91. The Morgan fingerprint density at radius 1 is 1.24 bits per heavy atom. The molecule has 1 atom stereocenters. The zero-order valence-corrected chi connectivity index (χ0v) is 16.2. The molecule has 1 fully saturated rings. The molecule has 3 aromatic heterocycles. The summed E-state index contributed by atoms with van der Waals surface area (Å²) in [6, 6.07) is 11.2. The van der Waals surface area contributed by atoms with Gasteiger partial charge in [0.2, 0.25) is 0 Å². The lowest BCUT2D eigenvalue weighted by atomic mass is 10.0. The van der Waals surface area contributed by atoms with Gasteiger partial charge < -0.3 is 14.6 Å². The van der Waals surface area contributed by atoms with Crippen LogP contribution in [-0.4, -0.2) is 50.7 Å². The smallest absolute Gasteiger partial charge is 0.256 e. The number of nitrogens with zero attached hydrogens (tertiary/aromatic N) is 3. The summed E-state index contributed by atoms with van der Waals surface area (Å²) in [5, 5.41) is 8.18. The van der Waals surface area contributed by atoms with Crippen LogP contribution in [0.15, 0.2) is 55.0 Å². The van der Waals surface area contributed by atoms with Crippen molar-refractivity contribution in [2.24, 2.45) is 0 Å². The molecule has 0 radical (unpaired) electrons. The number of carbonyl (C=O) groups is 1.